The molecular weight excluding hydrogens is 338 g/mol. The van der Waals surface area contributed by atoms with Gasteiger partial charge in [0.25, 0.3) is 0 Å². The number of nitrogens with zero attached hydrogens (tertiary/aromatic N) is 2. The molecule has 1 heterocycles. The third kappa shape index (κ3) is 4.70. The number of hydrogen-bond donors (Lipinski definition) is 1. The van der Waals surface area contributed by atoms with Gasteiger partial charge in [-0.05, 0) is 24.6 Å². The van der Waals surface area contributed by atoms with Crippen LogP contribution in [0.3, 0.4) is 0 Å². The Balaban J connectivity index is 1.64. The van der Waals surface area contributed by atoms with E-state index in [1.165, 1.54) is 12.5 Å². The summed E-state index contributed by atoms with van der Waals surface area (Å²) in [5.74, 6) is -0.140. The highest BCUT2D eigenvalue weighted by molar-refractivity contribution is 6.01. The Bertz CT molecular complexity index is 946. The maximum absolute atomic E-state index is 12.2. The van der Waals surface area contributed by atoms with Gasteiger partial charge in [0.05, 0.1) is 17.6 Å². The Labute approximate surface area is 159 Å². The summed E-state index contributed by atoms with van der Waals surface area (Å²) < 4.78 is 0. The van der Waals surface area contributed by atoms with Crippen molar-refractivity contribution in [3.63, 3.8) is 0 Å². The summed E-state index contributed by atoms with van der Waals surface area (Å²) in [5, 5.41) is 3.87. The number of fused-ring (bicyclic) bond motifs is 1. The van der Waals surface area contributed by atoms with Crippen LogP contribution in [0.15, 0.2) is 60.8 Å². The van der Waals surface area contributed by atoms with Gasteiger partial charge in [-0.2, -0.15) is 0 Å². The summed E-state index contributed by atoms with van der Waals surface area (Å²) in [5.41, 5.74) is 3.68. The van der Waals surface area contributed by atoms with Crippen LogP contribution in [0.1, 0.15) is 18.1 Å². The van der Waals surface area contributed by atoms with Crippen LogP contribution < -0.4 is 10.2 Å². The van der Waals surface area contributed by atoms with E-state index in [1.54, 1.807) is 11.1 Å². The Morgan fingerprint density at radius 1 is 1.04 bits per heavy atom. The van der Waals surface area contributed by atoms with Crippen molar-refractivity contribution in [2.75, 3.05) is 18.0 Å². The highest BCUT2D eigenvalue weighted by Crippen LogP contribution is 2.24. The van der Waals surface area contributed by atoms with E-state index in [4.69, 9.17) is 0 Å². The van der Waals surface area contributed by atoms with Gasteiger partial charge in [0.1, 0.15) is 0 Å². The highest BCUT2D eigenvalue weighted by Gasteiger charge is 2.15. The van der Waals surface area contributed by atoms with E-state index in [1.807, 2.05) is 61.5 Å². The van der Waals surface area contributed by atoms with Gasteiger partial charge in [0.2, 0.25) is 11.8 Å². The molecule has 5 nitrogen and oxygen atoms in total. The standard InChI is InChI=1S/C22H23N3O2/c1-16-8-10-18(11-9-16)15-21(27)23-13-14-25(17(2)26)20-7-3-5-19-6-4-12-24-22(19)20/h3-12H,13-15H2,1-2H3,(H,23,27). The van der Waals surface area contributed by atoms with Crippen molar-refractivity contribution in [3.05, 3.63) is 71.9 Å². The second kappa shape index (κ2) is 8.45. The molecule has 0 fully saturated rings. The molecule has 0 bridgehead atoms. The number of amides is 2. The summed E-state index contributed by atoms with van der Waals surface area (Å²) >= 11 is 0. The zero-order valence-electron chi connectivity index (χ0n) is 15.6. The molecule has 0 aliphatic heterocycles. The van der Waals surface area contributed by atoms with Gasteiger partial charge in [-0.1, -0.05) is 48.0 Å². The van der Waals surface area contributed by atoms with Crippen molar-refractivity contribution in [2.24, 2.45) is 0 Å². The lowest BCUT2D eigenvalue weighted by molar-refractivity contribution is -0.121. The Morgan fingerprint density at radius 3 is 2.52 bits per heavy atom. The van der Waals surface area contributed by atoms with Crippen molar-refractivity contribution < 1.29 is 9.59 Å². The summed E-state index contributed by atoms with van der Waals surface area (Å²) in [4.78, 5) is 30.4. The molecule has 1 N–H and O–H groups in total. The number of rotatable bonds is 6. The normalized spacial score (nSPS) is 10.6. The molecule has 0 radical (unpaired) electrons. The van der Waals surface area contributed by atoms with E-state index in [9.17, 15) is 9.59 Å². The van der Waals surface area contributed by atoms with Gasteiger partial charge in [-0.15, -0.1) is 0 Å². The fourth-order valence-electron chi connectivity index (χ4n) is 3.01. The van der Waals surface area contributed by atoms with E-state index in [0.717, 1.165) is 22.2 Å². The minimum absolute atomic E-state index is 0.0570. The maximum Gasteiger partial charge on any atom is 0.224 e. The summed E-state index contributed by atoms with van der Waals surface area (Å²) in [7, 11) is 0. The molecule has 0 spiro atoms. The molecule has 0 atom stereocenters. The fraction of sp³-hybridized carbons (Fsp3) is 0.227. The molecule has 0 saturated heterocycles. The number of carbonyl (C=O) groups is 2. The number of carbonyl (C=O) groups excluding carboxylic acids is 2. The smallest absolute Gasteiger partial charge is 0.224 e. The molecule has 2 aromatic carbocycles. The van der Waals surface area contributed by atoms with Gasteiger partial charge in [-0.3, -0.25) is 14.6 Å². The molecule has 138 valence electrons. The van der Waals surface area contributed by atoms with Crippen LogP contribution in [0.5, 0.6) is 0 Å². The second-order valence-corrected chi connectivity index (χ2v) is 6.54. The molecule has 0 aliphatic carbocycles. The zero-order chi connectivity index (χ0) is 19.2. The van der Waals surface area contributed by atoms with Crippen LogP contribution in [0, 0.1) is 6.92 Å². The predicted octanol–water partition coefficient (Wildman–Crippen LogP) is 3.26. The number of pyridine rings is 1. The molecule has 3 aromatic rings. The van der Waals surface area contributed by atoms with E-state index in [2.05, 4.69) is 10.3 Å². The van der Waals surface area contributed by atoms with Gasteiger partial charge >= 0.3 is 0 Å². The highest BCUT2D eigenvalue weighted by atomic mass is 16.2. The molecule has 0 saturated carbocycles. The largest absolute Gasteiger partial charge is 0.354 e. The van der Waals surface area contributed by atoms with E-state index in [-0.39, 0.29) is 11.8 Å². The lowest BCUT2D eigenvalue weighted by atomic mass is 10.1. The predicted molar refractivity (Wildman–Crippen MR) is 108 cm³/mol. The summed E-state index contributed by atoms with van der Waals surface area (Å²) in [6.07, 6.45) is 2.05. The molecule has 2 amide bonds. The minimum atomic E-state index is -0.0825. The van der Waals surface area contributed by atoms with Gasteiger partial charge in [-0.25, -0.2) is 0 Å². The average Bonchev–Trinajstić information content (AvgIpc) is 2.66. The monoisotopic (exact) mass is 361 g/mol. The number of anilines is 1. The van der Waals surface area contributed by atoms with Crippen molar-refractivity contribution in [1.82, 2.24) is 10.3 Å². The molecular formula is C22H23N3O2. The Hall–Kier alpha value is -3.21. The molecule has 27 heavy (non-hydrogen) atoms. The van der Waals surface area contributed by atoms with E-state index >= 15 is 0 Å². The number of para-hydroxylation sites is 1. The lowest BCUT2D eigenvalue weighted by Crippen LogP contribution is -2.38. The average molecular weight is 361 g/mol. The third-order valence-corrected chi connectivity index (χ3v) is 4.43. The van der Waals surface area contributed by atoms with Gasteiger partial charge in [0.15, 0.2) is 0 Å². The third-order valence-electron chi connectivity index (χ3n) is 4.43. The number of aromatic nitrogens is 1. The van der Waals surface area contributed by atoms with Crippen LogP contribution >= 0.6 is 0 Å². The van der Waals surface area contributed by atoms with Gasteiger partial charge in [0, 0.05) is 31.6 Å². The Kier molecular flexibility index (Phi) is 5.81. The first-order valence-corrected chi connectivity index (χ1v) is 8.98. The second-order valence-electron chi connectivity index (χ2n) is 6.54. The first-order valence-electron chi connectivity index (χ1n) is 8.98. The summed E-state index contributed by atoms with van der Waals surface area (Å²) in [6.45, 7) is 4.32. The Morgan fingerprint density at radius 2 is 1.78 bits per heavy atom. The molecule has 1 aromatic heterocycles. The van der Waals surface area contributed by atoms with Crippen LogP contribution in [-0.2, 0) is 16.0 Å². The molecule has 3 rings (SSSR count). The van der Waals surface area contributed by atoms with Crippen LogP contribution in [0.2, 0.25) is 0 Å². The van der Waals surface area contributed by atoms with Crippen molar-refractivity contribution in [3.8, 4) is 0 Å². The number of benzene rings is 2. The quantitative estimate of drug-likeness (QED) is 0.733. The lowest BCUT2D eigenvalue weighted by Gasteiger charge is -2.22. The number of nitrogens with one attached hydrogen (secondary N) is 1. The SMILES string of the molecule is CC(=O)N(CCNC(=O)Cc1ccc(C)cc1)c1cccc2cccnc12. The minimum Gasteiger partial charge on any atom is -0.354 e. The molecule has 0 aliphatic rings. The fourth-order valence-corrected chi connectivity index (χ4v) is 3.01. The topological polar surface area (TPSA) is 62.3 Å². The van der Waals surface area contributed by atoms with Crippen molar-refractivity contribution >= 4 is 28.4 Å². The van der Waals surface area contributed by atoms with Crippen LogP contribution in [0.25, 0.3) is 10.9 Å². The van der Waals surface area contributed by atoms with Crippen molar-refractivity contribution in [2.45, 2.75) is 20.3 Å². The van der Waals surface area contributed by atoms with E-state index < -0.39 is 0 Å². The molecule has 0 unspecified atom stereocenters. The number of aryl methyl sites for hydroxylation is 1. The molecule has 5 heteroatoms. The van der Waals surface area contributed by atoms with Gasteiger partial charge < -0.3 is 10.2 Å². The first-order chi connectivity index (χ1) is 13.0. The first kappa shape index (κ1) is 18.6. The van der Waals surface area contributed by atoms with Crippen molar-refractivity contribution in [1.29, 1.82) is 0 Å². The summed E-state index contributed by atoms with van der Waals surface area (Å²) in [6, 6.07) is 17.5. The van der Waals surface area contributed by atoms with Crippen LogP contribution in [0.4, 0.5) is 5.69 Å². The van der Waals surface area contributed by atoms with Crippen LogP contribution in [-0.4, -0.2) is 29.9 Å². The zero-order valence-corrected chi connectivity index (χ0v) is 15.6. The maximum atomic E-state index is 12.2. The number of hydrogen-bond acceptors (Lipinski definition) is 3. The van der Waals surface area contributed by atoms with E-state index in [0.29, 0.717) is 19.5 Å².